The van der Waals surface area contributed by atoms with Crippen LogP contribution in [0.2, 0.25) is 0 Å². The second-order valence-electron chi connectivity index (χ2n) is 7.14. The predicted molar refractivity (Wildman–Crippen MR) is 120 cm³/mol. The fraction of sp³-hybridized carbons (Fsp3) is 0.500. The number of methoxy groups -OCH3 is 1. The van der Waals surface area contributed by atoms with Gasteiger partial charge in [-0.1, -0.05) is 18.2 Å². The van der Waals surface area contributed by atoms with Gasteiger partial charge in [-0.25, -0.2) is 4.99 Å². The molecule has 29 heavy (non-hydrogen) atoms. The van der Waals surface area contributed by atoms with Crippen LogP contribution in [-0.4, -0.2) is 56.9 Å². The van der Waals surface area contributed by atoms with E-state index in [4.69, 9.17) is 14.5 Å². The molecule has 1 aliphatic rings. The molecule has 1 fully saturated rings. The van der Waals surface area contributed by atoms with Gasteiger partial charge in [-0.3, -0.25) is 4.90 Å². The van der Waals surface area contributed by atoms with Crippen molar-refractivity contribution in [1.29, 1.82) is 0 Å². The Morgan fingerprint density at radius 1 is 1.34 bits per heavy atom. The van der Waals surface area contributed by atoms with Gasteiger partial charge in [0.1, 0.15) is 5.75 Å². The molecule has 2 atom stereocenters. The maximum absolute atomic E-state index is 5.74. The molecule has 3 rings (SSSR count). The average Bonchev–Trinajstić information content (AvgIpc) is 3.27. The number of nitrogens with zero attached hydrogens (tertiary/aromatic N) is 2. The summed E-state index contributed by atoms with van der Waals surface area (Å²) in [6.45, 7) is 9.14. The first kappa shape index (κ1) is 21.6. The van der Waals surface area contributed by atoms with Crippen molar-refractivity contribution in [1.82, 2.24) is 15.5 Å². The van der Waals surface area contributed by atoms with Crippen molar-refractivity contribution in [3.63, 3.8) is 0 Å². The highest BCUT2D eigenvalue weighted by Gasteiger charge is 2.26. The van der Waals surface area contributed by atoms with Crippen molar-refractivity contribution in [2.24, 2.45) is 4.99 Å². The molecule has 1 aromatic carbocycles. The smallest absolute Gasteiger partial charge is 0.191 e. The quantitative estimate of drug-likeness (QED) is 0.511. The lowest BCUT2D eigenvalue weighted by Crippen LogP contribution is -2.48. The Balaban J connectivity index is 1.67. The van der Waals surface area contributed by atoms with Crippen molar-refractivity contribution in [2.75, 3.05) is 39.9 Å². The van der Waals surface area contributed by atoms with E-state index in [0.29, 0.717) is 12.6 Å². The van der Waals surface area contributed by atoms with E-state index in [-0.39, 0.29) is 6.10 Å². The molecule has 1 aliphatic heterocycles. The van der Waals surface area contributed by atoms with Crippen LogP contribution in [0.25, 0.3) is 0 Å². The molecule has 158 valence electrons. The number of thiophene rings is 1. The molecule has 6 nitrogen and oxygen atoms in total. The van der Waals surface area contributed by atoms with E-state index >= 15 is 0 Å². The van der Waals surface area contributed by atoms with Crippen LogP contribution in [0.3, 0.4) is 0 Å². The van der Waals surface area contributed by atoms with Gasteiger partial charge in [0.15, 0.2) is 5.96 Å². The van der Waals surface area contributed by atoms with Crippen LogP contribution < -0.4 is 15.4 Å². The second kappa shape index (κ2) is 11.2. The number of benzene rings is 1. The van der Waals surface area contributed by atoms with Gasteiger partial charge in [0.25, 0.3) is 0 Å². The van der Waals surface area contributed by atoms with Crippen LogP contribution in [0.5, 0.6) is 5.75 Å². The Hall–Kier alpha value is -2.09. The topological polar surface area (TPSA) is 58.1 Å². The summed E-state index contributed by atoms with van der Waals surface area (Å²) in [6, 6.07) is 12.7. The zero-order chi connectivity index (χ0) is 20.5. The molecule has 0 spiro atoms. The Bertz CT molecular complexity index is 766. The molecule has 2 heterocycles. The zero-order valence-electron chi connectivity index (χ0n) is 17.6. The van der Waals surface area contributed by atoms with E-state index in [1.165, 1.54) is 4.88 Å². The van der Waals surface area contributed by atoms with Gasteiger partial charge >= 0.3 is 0 Å². The molecule has 2 unspecified atom stereocenters. The van der Waals surface area contributed by atoms with Gasteiger partial charge in [-0.2, -0.15) is 0 Å². The van der Waals surface area contributed by atoms with Gasteiger partial charge in [-0.05, 0) is 43.0 Å². The fourth-order valence-electron chi connectivity index (χ4n) is 3.50. The Kier molecular flexibility index (Phi) is 8.34. The Labute approximate surface area is 177 Å². The summed E-state index contributed by atoms with van der Waals surface area (Å²) in [5, 5.41) is 9.06. The number of hydrogen-bond acceptors (Lipinski definition) is 5. The fourth-order valence-corrected chi connectivity index (χ4v) is 4.36. The third-order valence-corrected chi connectivity index (χ3v) is 5.92. The molecule has 0 radical (unpaired) electrons. The molecular weight excluding hydrogens is 384 g/mol. The number of guanidine groups is 1. The monoisotopic (exact) mass is 416 g/mol. The lowest BCUT2D eigenvalue weighted by Gasteiger charge is -2.37. The molecule has 0 aliphatic carbocycles. The van der Waals surface area contributed by atoms with Gasteiger partial charge in [-0.15, -0.1) is 11.3 Å². The van der Waals surface area contributed by atoms with Crippen molar-refractivity contribution >= 4 is 17.3 Å². The van der Waals surface area contributed by atoms with Gasteiger partial charge in [0.2, 0.25) is 0 Å². The molecule has 2 N–H and O–H groups in total. The molecule has 0 saturated carbocycles. The van der Waals surface area contributed by atoms with Gasteiger partial charge in [0, 0.05) is 31.1 Å². The van der Waals surface area contributed by atoms with Gasteiger partial charge < -0.3 is 20.1 Å². The maximum Gasteiger partial charge on any atom is 0.191 e. The van der Waals surface area contributed by atoms with Crippen LogP contribution in [0.1, 0.15) is 30.3 Å². The number of ether oxygens (including phenoxy) is 2. The van der Waals surface area contributed by atoms with E-state index in [0.717, 1.165) is 50.1 Å². The highest BCUT2D eigenvalue weighted by atomic mass is 32.1. The highest BCUT2D eigenvalue weighted by Crippen LogP contribution is 2.26. The molecular formula is C22H32N4O2S. The summed E-state index contributed by atoms with van der Waals surface area (Å²) in [4.78, 5) is 8.65. The van der Waals surface area contributed by atoms with E-state index in [1.54, 1.807) is 7.11 Å². The van der Waals surface area contributed by atoms with E-state index < -0.39 is 0 Å². The summed E-state index contributed by atoms with van der Waals surface area (Å²) < 4.78 is 11.1. The number of nitrogens with one attached hydrogen (secondary N) is 2. The SMILES string of the molecule is CCNC(=NCc1cccc(OC)c1)NCC(c1cccs1)N1CCOC(C)C1. The average molecular weight is 417 g/mol. The summed E-state index contributed by atoms with van der Waals surface area (Å²) in [7, 11) is 1.69. The summed E-state index contributed by atoms with van der Waals surface area (Å²) in [6.07, 6.45) is 0.265. The van der Waals surface area contributed by atoms with Gasteiger partial charge in [0.05, 0.1) is 32.4 Å². The van der Waals surface area contributed by atoms with Crippen LogP contribution in [0.15, 0.2) is 46.8 Å². The molecule has 0 amide bonds. The lowest BCUT2D eigenvalue weighted by molar-refractivity contribution is -0.0334. The standard InChI is InChI=1S/C22H32N4O2S/c1-4-23-22(24-14-18-7-5-8-19(13-18)27-3)25-15-20(21-9-6-12-29-21)26-10-11-28-17(2)16-26/h5-9,12-13,17,20H,4,10-11,14-16H2,1-3H3,(H2,23,24,25). The summed E-state index contributed by atoms with van der Waals surface area (Å²) >= 11 is 1.81. The Morgan fingerprint density at radius 2 is 2.24 bits per heavy atom. The second-order valence-corrected chi connectivity index (χ2v) is 8.11. The first-order valence-electron chi connectivity index (χ1n) is 10.2. The minimum absolute atomic E-state index is 0.265. The molecule has 0 bridgehead atoms. The lowest BCUT2D eigenvalue weighted by atomic mass is 10.1. The third-order valence-electron chi connectivity index (χ3n) is 4.95. The Morgan fingerprint density at radius 3 is 2.97 bits per heavy atom. The van der Waals surface area contributed by atoms with E-state index in [2.05, 4.69) is 53.0 Å². The minimum Gasteiger partial charge on any atom is -0.497 e. The normalized spacial score (nSPS) is 19.0. The molecule has 1 saturated heterocycles. The molecule has 1 aromatic heterocycles. The van der Waals surface area contributed by atoms with Crippen LogP contribution in [0, 0.1) is 0 Å². The first-order chi connectivity index (χ1) is 14.2. The van der Waals surface area contributed by atoms with Crippen LogP contribution in [-0.2, 0) is 11.3 Å². The van der Waals surface area contributed by atoms with Crippen molar-refractivity contribution in [3.8, 4) is 5.75 Å². The molecule has 7 heteroatoms. The van der Waals surface area contributed by atoms with E-state index in [1.807, 2.05) is 29.5 Å². The van der Waals surface area contributed by atoms with Crippen molar-refractivity contribution in [2.45, 2.75) is 32.5 Å². The first-order valence-corrected chi connectivity index (χ1v) is 11.1. The minimum atomic E-state index is 0.265. The van der Waals surface area contributed by atoms with Crippen LogP contribution in [0.4, 0.5) is 0 Å². The highest BCUT2D eigenvalue weighted by molar-refractivity contribution is 7.10. The van der Waals surface area contributed by atoms with E-state index in [9.17, 15) is 0 Å². The summed E-state index contributed by atoms with van der Waals surface area (Å²) in [5.74, 6) is 1.69. The predicted octanol–water partition coefficient (Wildman–Crippen LogP) is 3.27. The zero-order valence-corrected chi connectivity index (χ0v) is 18.4. The third kappa shape index (κ3) is 6.45. The number of rotatable bonds is 8. The van der Waals surface area contributed by atoms with Crippen molar-refractivity contribution in [3.05, 3.63) is 52.2 Å². The number of morpholine rings is 1. The number of aliphatic imine (C=N–C) groups is 1. The molecule has 2 aromatic rings. The van der Waals surface area contributed by atoms with Crippen molar-refractivity contribution < 1.29 is 9.47 Å². The maximum atomic E-state index is 5.74. The summed E-state index contributed by atoms with van der Waals surface area (Å²) in [5.41, 5.74) is 1.12. The number of hydrogen-bond donors (Lipinski definition) is 2. The largest absolute Gasteiger partial charge is 0.497 e. The van der Waals surface area contributed by atoms with Crippen LogP contribution >= 0.6 is 11.3 Å².